The van der Waals surface area contributed by atoms with Gasteiger partial charge in [0.2, 0.25) is 5.91 Å². The summed E-state index contributed by atoms with van der Waals surface area (Å²) in [5, 5.41) is 2.79. The minimum Gasteiger partial charge on any atom is -0.483 e. The number of hydrogen-bond acceptors (Lipinski definition) is 3. The average Bonchev–Trinajstić information content (AvgIpc) is 2.71. The van der Waals surface area contributed by atoms with E-state index in [9.17, 15) is 9.59 Å². The van der Waals surface area contributed by atoms with Crippen molar-refractivity contribution < 1.29 is 14.3 Å². The molecule has 0 aliphatic rings. The number of nitrogens with one attached hydrogen (secondary N) is 1. The van der Waals surface area contributed by atoms with E-state index in [0.29, 0.717) is 18.8 Å². The van der Waals surface area contributed by atoms with E-state index in [-0.39, 0.29) is 24.3 Å². The minimum atomic E-state index is -0.602. The highest BCUT2D eigenvalue weighted by atomic mass is 79.9. The molecule has 0 fully saturated rings. The number of nitrogens with zero attached hydrogens (tertiary/aromatic N) is 1. The van der Waals surface area contributed by atoms with Crippen LogP contribution in [0.4, 0.5) is 0 Å². The van der Waals surface area contributed by atoms with Gasteiger partial charge >= 0.3 is 0 Å². The van der Waals surface area contributed by atoms with Crippen molar-refractivity contribution >= 4 is 27.7 Å². The first-order chi connectivity index (χ1) is 13.8. The Labute approximate surface area is 181 Å². The molecule has 0 radical (unpaired) electrons. The van der Waals surface area contributed by atoms with Crippen molar-refractivity contribution in [2.75, 3.05) is 13.2 Å². The second-order valence-corrected chi connectivity index (χ2v) is 8.12. The van der Waals surface area contributed by atoms with Crippen LogP contribution < -0.4 is 10.1 Å². The summed E-state index contributed by atoms with van der Waals surface area (Å²) in [6.07, 6.45) is 0. The number of rotatable bonds is 9. The molecule has 0 spiro atoms. The van der Waals surface area contributed by atoms with Gasteiger partial charge in [-0.3, -0.25) is 9.59 Å². The lowest BCUT2D eigenvalue weighted by Gasteiger charge is -2.29. The number of carbonyl (C=O) groups excluding carboxylic acids is 2. The van der Waals surface area contributed by atoms with Gasteiger partial charge < -0.3 is 15.0 Å². The Hall–Kier alpha value is -2.34. The Morgan fingerprint density at radius 3 is 2.34 bits per heavy atom. The highest BCUT2D eigenvalue weighted by Gasteiger charge is 2.26. The quantitative estimate of drug-likeness (QED) is 0.598. The van der Waals surface area contributed by atoms with Crippen LogP contribution in [0, 0.1) is 0 Å². The minimum absolute atomic E-state index is 0.121. The first kappa shape index (κ1) is 22.9. The molecule has 1 N–H and O–H groups in total. The molecule has 2 aromatic carbocycles. The molecule has 1 atom stereocenters. The molecular weight excluding hydrogens is 432 g/mol. The molecule has 0 saturated heterocycles. The van der Waals surface area contributed by atoms with Crippen molar-refractivity contribution in [3.8, 4) is 5.75 Å². The SMILES string of the molecule is CCNC(=O)[C@@H](C)N(Cc1ccc(Br)cc1)C(=O)COc1ccccc1C(C)C. The van der Waals surface area contributed by atoms with Crippen molar-refractivity contribution in [2.24, 2.45) is 0 Å². The van der Waals surface area contributed by atoms with E-state index < -0.39 is 6.04 Å². The predicted molar refractivity (Wildman–Crippen MR) is 119 cm³/mol. The fourth-order valence-corrected chi connectivity index (χ4v) is 3.27. The Balaban J connectivity index is 2.17. The van der Waals surface area contributed by atoms with Gasteiger partial charge in [0.05, 0.1) is 0 Å². The van der Waals surface area contributed by atoms with Crippen LogP contribution in [0.3, 0.4) is 0 Å². The molecule has 2 amide bonds. The summed E-state index contributed by atoms with van der Waals surface area (Å²) in [4.78, 5) is 27.0. The number of halogens is 1. The van der Waals surface area contributed by atoms with E-state index in [1.54, 1.807) is 11.8 Å². The zero-order valence-electron chi connectivity index (χ0n) is 17.4. The van der Waals surface area contributed by atoms with Gasteiger partial charge in [-0.25, -0.2) is 0 Å². The number of carbonyl (C=O) groups is 2. The maximum Gasteiger partial charge on any atom is 0.261 e. The number of likely N-dealkylation sites (N-methyl/N-ethyl adjacent to an activating group) is 1. The van der Waals surface area contributed by atoms with E-state index in [1.807, 2.05) is 55.5 Å². The summed E-state index contributed by atoms with van der Waals surface area (Å²) >= 11 is 3.42. The number of benzene rings is 2. The maximum absolute atomic E-state index is 13.0. The number of para-hydroxylation sites is 1. The van der Waals surface area contributed by atoms with Crippen LogP contribution in [-0.2, 0) is 16.1 Å². The van der Waals surface area contributed by atoms with Gasteiger partial charge in [0, 0.05) is 17.6 Å². The first-order valence-electron chi connectivity index (χ1n) is 9.86. The lowest BCUT2D eigenvalue weighted by Crippen LogP contribution is -2.49. The van der Waals surface area contributed by atoms with Gasteiger partial charge in [0.25, 0.3) is 5.91 Å². The maximum atomic E-state index is 13.0. The summed E-state index contributed by atoms with van der Waals surface area (Å²) in [5.41, 5.74) is 2.00. The molecule has 29 heavy (non-hydrogen) atoms. The van der Waals surface area contributed by atoms with Gasteiger partial charge in [-0.15, -0.1) is 0 Å². The van der Waals surface area contributed by atoms with Crippen molar-refractivity contribution in [1.82, 2.24) is 10.2 Å². The standard InChI is InChI=1S/C23H29BrN2O3/c1-5-25-23(28)17(4)26(14-18-10-12-19(24)13-11-18)22(27)15-29-21-9-7-6-8-20(21)16(2)3/h6-13,16-17H,5,14-15H2,1-4H3,(H,25,28)/t17-/m1/s1. The van der Waals surface area contributed by atoms with E-state index in [1.165, 1.54) is 0 Å². The van der Waals surface area contributed by atoms with Gasteiger partial charge in [0.15, 0.2) is 6.61 Å². The highest BCUT2D eigenvalue weighted by Crippen LogP contribution is 2.26. The van der Waals surface area contributed by atoms with Gasteiger partial charge in [-0.2, -0.15) is 0 Å². The summed E-state index contributed by atoms with van der Waals surface area (Å²) in [7, 11) is 0. The van der Waals surface area contributed by atoms with Crippen molar-refractivity contribution in [3.05, 3.63) is 64.1 Å². The number of hydrogen-bond donors (Lipinski definition) is 1. The third kappa shape index (κ3) is 6.60. The van der Waals surface area contributed by atoms with E-state index in [4.69, 9.17) is 4.74 Å². The molecule has 156 valence electrons. The van der Waals surface area contributed by atoms with Crippen LogP contribution in [0.2, 0.25) is 0 Å². The molecule has 0 aliphatic carbocycles. The topological polar surface area (TPSA) is 58.6 Å². The van der Waals surface area contributed by atoms with E-state index in [0.717, 1.165) is 15.6 Å². The smallest absolute Gasteiger partial charge is 0.261 e. The molecule has 6 heteroatoms. The Kier molecular flexibility index (Phi) is 8.70. The van der Waals surface area contributed by atoms with E-state index in [2.05, 4.69) is 35.1 Å². The summed E-state index contributed by atoms with van der Waals surface area (Å²) in [6.45, 7) is 8.49. The molecule has 0 bridgehead atoms. The average molecular weight is 461 g/mol. The summed E-state index contributed by atoms with van der Waals surface area (Å²) in [5.74, 6) is 0.574. The van der Waals surface area contributed by atoms with Crippen LogP contribution in [0.25, 0.3) is 0 Å². The lowest BCUT2D eigenvalue weighted by molar-refractivity contribution is -0.142. The molecule has 0 aromatic heterocycles. The van der Waals surface area contributed by atoms with E-state index >= 15 is 0 Å². The normalized spacial score (nSPS) is 11.8. The van der Waals surface area contributed by atoms with Gasteiger partial charge in [0.1, 0.15) is 11.8 Å². The highest BCUT2D eigenvalue weighted by molar-refractivity contribution is 9.10. The molecule has 2 rings (SSSR count). The van der Waals surface area contributed by atoms with Crippen molar-refractivity contribution in [2.45, 2.75) is 46.2 Å². The lowest BCUT2D eigenvalue weighted by atomic mass is 10.0. The molecule has 0 aliphatic heterocycles. The van der Waals surface area contributed by atoms with Gasteiger partial charge in [-0.1, -0.05) is 60.1 Å². The fraction of sp³-hybridized carbons (Fsp3) is 0.391. The number of ether oxygens (including phenoxy) is 1. The second-order valence-electron chi connectivity index (χ2n) is 7.20. The van der Waals surface area contributed by atoms with Crippen molar-refractivity contribution in [1.29, 1.82) is 0 Å². The van der Waals surface area contributed by atoms with Crippen LogP contribution >= 0.6 is 15.9 Å². The van der Waals surface area contributed by atoms with Crippen LogP contribution in [0.5, 0.6) is 5.75 Å². The van der Waals surface area contributed by atoms with Gasteiger partial charge in [-0.05, 0) is 49.1 Å². The van der Waals surface area contributed by atoms with Crippen LogP contribution in [-0.4, -0.2) is 35.9 Å². The fourth-order valence-electron chi connectivity index (χ4n) is 3.00. The monoisotopic (exact) mass is 460 g/mol. The molecule has 2 aromatic rings. The van der Waals surface area contributed by atoms with Crippen LogP contribution in [0.15, 0.2) is 53.0 Å². The Bertz CT molecular complexity index is 821. The second kappa shape index (κ2) is 11.0. The number of amides is 2. The van der Waals surface area contributed by atoms with Crippen LogP contribution in [0.1, 0.15) is 44.7 Å². The third-order valence-electron chi connectivity index (χ3n) is 4.68. The van der Waals surface area contributed by atoms with Crippen molar-refractivity contribution in [3.63, 3.8) is 0 Å². The zero-order chi connectivity index (χ0) is 21.4. The summed E-state index contributed by atoms with van der Waals surface area (Å²) < 4.78 is 6.82. The molecule has 0 heterocycles. The summed E-state index contributed by atoms with van der Waals surface area (Å²) in [6, 6.07) is 14.8. The Morgan fingerprint density at radius 2 is 1.72 bits per heavy atom. The molecule has 0 unspecified atom stereocenters. The molecule has 0 saturated carbocycles. The Morgan fingerprint density at radius 1 is 1.07 bits per heavy atom. The molecule has 5 nitrogen and oxygen atoms in total. The first-order valence-corrected chi connectivity index (χ1v) is 10.7. The third-order valence-corrected chi connectivity index (χ3v) is 5.21. The predicted octanol–water partition coefficient (Wildman–Crippen LogP) is 4.50. The molecular formula is C23H29BrN2O3. The zero-order valence-corrected chi connectivity index (χ0v) is 19.0. The largest absolute Gasteiger partial charge is 0.483 e.